The van der Waals surface area contributed by atoms with Gasteiger partial charge in [0.25, 0.3) is 0 Å². The van der Waals surface area contributed by atoms with Gasteiger partial charge in [0.2, 0.25) is 0 Å². The molecule has 0 N–H and O–H groups in total. The largest absolute Gasteiger partial charge is 0.424 e. The summed E-state index contributed by atoms with van der Waals surface area (Å²) in [4.78, 5) is 7.82. The van der Waals surface area contributed by atoms with Gasteiger partial charge in [-0.2, -0.15) is 5.26 Å². The quantitative estimate of drug-likeness (QED) is 0.799. The Hall–Kier alpha value is -2.19. The first-order valence-corrected chi connectivity index (χ1v) is 5.51. The molecule has 0 fully saturated rings. The molecule has 0 radical (unpaired) electrons. The van der Waals surface area contributed by atoms with Crippen LogP contribution in [0.2, 0.25) is 0 Å². The average molecular weight is 264 g/mol. The molecule has 2 aromatic rings. The average Bonchev–Trinajstić information content (AvgIpc) is 2.40. The smallest absolute Gasteiger partial charge is 0.321 e. The maximum atomic E-state index is 13.3. The predicted molar refractivity (Wildman–Crippen MR) is 62.8 cm³/mol. The lowest BCUT2D eigenvalue weighted by Crippen LogP contribution is -1.94. The molecule has 90 valence electrons. The normalized spacial score (nSPS) is 9.83. The molecule has 0 unspecified atom stereocenters. The van der Waals surface area contributed by atoms with Crippen molar-refractivity contribution >= 4 is 11.6 Å². The van der Waals surface area contributed by atoms with E-state index in [4.69, 9.17) is 21.6 Å². The fourth-order valence-corrected chi connectivity index (χ4v) is 1.36. The first-order valence-electron chi connectivity index (χ1n) is 4.97. The zero-order chi connectivity index (χ0) is 13.0. The molecule has 0 aliphatic rings. The number of benzene rings is 1. The van der Waals surface area contributed by atoms with Crippen LogP contribution in [0.1, 0.15) is 11.1 Å². The van der Waals surface area contributed by atoms with Crippen molar-refractivity contribution in [3.63, 3.8) is 0 Å². The molecule has 0 aliphatic heterocycles. The Balaban J connectivity index is 2.18. The molecule has 1 heterocycles. The van der Waals surface area contributed by atoms with Crippen molar-refractivity contribution in [3.8, 4) is 17.8 Å². The lowest BCUT2D eigenvalue weighted by Gasteiger charge is -2.04. The Morgan fingerprint density at radius 2 is 2.06 bits per heavy atom. The molecule has 6 heteroatoms. The van der Waals surface area contributed by atoms with Gasteiger partial charge in [-0.3, -0.25) is 0 Å². The molecular formula is C12H7ClFN3O. The number of halogens is 2. The summed E-state index contributed by atoms with van der Waals surface area (Å²) in [5.41, 5.74) is 0.718. The second-order valence-electron chi connectivity index (χ2n) is 3.36. The summed E-state index contributed by atoms with van der Waals surface area (Å²) in [5, 5.41) is 8.59. The summed E-state index contributed by atoms with van der Waals surface area (Å²) < 4.78 is 18.6. The van der Waals surface area contributed by atoms with Crippen LogP contribution >= 0.6 is 11.6 Å². The van der Waals surface area contributed by atoms with Gasteiger partial charge in [0.1, 0.15) is 17.6 Å². The third kappa shape index (κ3) is 2.73. The Morgan fingerprint density at radius 3 is 2.61 bits per heavy atom. The zero-order valence-electron chi connectivity index (χ0n) is 9.10. The highest BCUT2D eigenvalue weighted by molar-refractivity contribution is 6.17. The number of aromatic nitrogens is 2. The Kier molecular flexibility index (Phi) is 3.70. The molecule has 0 spiro atoms. The van der Waals surface area contributed by atoms with Crippen molar-refractivity contribution in [3.05, 3.63) is 47.5 Å². The van der Waals surface area contributed by atoms with Gasteiger partial charge in [-0.1, -0.05) is 0 Å². The topological polar surface area (TPSA) is 58.8 Å². The maximum Gasteiger partial charge on any atom is 0.321 e. The minimum absolute atomic E-state index is 0.0410. The first kappa shape index (κ1) is 12.3. The van der Waals surface area contributed by atoms with E-state index in [1.807, 2.05) is 0 Å². The standard InChI is InChI=1S/C12H7ClFN3O/c13-4-8-6-16-12(17-7-8)18-10-2-1-9(5-15)11(14)3-10/h1-3,6-7H,4H2. The zero-order valence-corrected chi connectivity index (χ0v) is 9.86. The van der Waals surface area contributed by atoms with Crippen LogP contribution in [0.15, 0.2) is 30.6 Å². The summed E-state index contributed by atoms with van der Waals surface area (Å²) >= 11 is 5.59. The van der Waals surface area contributed by atoms with Gasteiger partial charge in [-0.05, 0) is 12.1 Å². The lowest BCUT2D eigenvalue weighted by molar-refractivity contribution is 0.437. The van der Waals surface area contributed by atoms with Crippen LogP contribution in [0.5, 0.6) is 11.8 Å². The Morgan fingerprint density at radius 1 is 1.33 bits per heavy atom. The van der Waals surface area contributed by atoms with E-state index in [1.165, 1.54) is 24.5 Å². The highest BCUT2D eigenvalue weighted by atomic mass is 35.5. The molecule has 1 aromatic carbocycles. The van der Waals surface area contributed by atoms with E-state index in [0.717, 1.165) is 11.6 Å². The summed E-state index contributed by atoms with van der Waals surface area (Å²) in [7, 11) is 0. The van der Waals surface area contributed by atoms with Gasteiger partial charge in [-0.25, -0.2) is 14.4 Å². The predicted octanol–water partition coefficient (Wildman–Crippen LogP) is 3.02. The third-order valence-corrected chi connectivity index (χ3v) is 2.41. The van der Waals surface area contributed by atoms with Crippen molar-refractivity contribution in [2.45, 2.75) is 5.88 Å². The van der Waals surface area contributed by atoms with E-state index >= 15 is 0 Å². The Labute approximate surface area is 108 Å². The molecule has 0 amide bonds. The van der Waals surface area contributed by atoms with E-state index in [0.29, 0.717) is 5.88 Å². The summed E-state index contributed by atoms with van der Waals surface area (Å²) in [6.07, 6.45) is 3.05. The third-order valence-electron chi connectivity index (χ3n) is 2.11. The van der Waals surface area contributed by atoms with E-state index < -0.39 is 5.82 Å². The highest BCUT2D eigenvalue weighted by Gasteiger charge is 2.05. The fraction of sp³-hybridized carbons (Fsp3) is 0.0833. The number of alkyl halides is 1. The van der Waals surface area contributed by atoms with Crippen LogP contribution in [-0.4, -0.2) is 9.97 Å². The molecule has 2 rings (SSSR count). The van der Waals surface area contributed by atoms with Gasteiger partial charge in [0.05, 0.1) is 11.4 Å². The van der Waals surface area contributed by atoms with E-state index in [2.05, 4.69) is 9.97 Å². The van der Waals surface area contributed by atoms with E-state index in [1.54, 1.807) is 6.07 Å². The van der Waals surface area contributed by atoms with Crippen molar-refractivity contribution in [2.24, 2.45) is 0 Å². The summed E-state index contributed by atoms with van der Waals surface area (Å²) in [6, 6.07) is 5.73. The van der Waals surface area contributed by atoms with Gasteiger partial charge in [0, 0.05) is 24.0 Å². The van der Waals surface area contributed by atoms with Crippen molar-refractivity contribution in [1.29, 1.82) is 5.26 Å². The molecule has 0 bridgehead atoms. The number of nitriles is 1. The summed E-state index contributed by atoms with van der Waals surface area (Å²) in [6.45, 7) is 0. The van der Waals surface area contributed by atoms with Crippen molar-refractivity contribution in [2.75, 3.05) is 0 Å². The molecule has 0 aliphatic carbocycles. The first-order chi connectivity index (χ1) is 8.72. The lowest BCUT2D eigenvalue weighted by atomic mass is 10.2. The molecular weight excluding hydrogens is 257 g/mol. The monoisotopic (exact) mass is 263 g/mol. The van der Waals surface area contributed by atoms with Crippen LogP contribution in [0.25, 0.3) is 0 Å². The number of nitrogens with zero attached hydrogens (tertiary/aromatic N) is 3. The van der Waals surface area contributed by atoms with Crippen molar-refractivity contribution < 1.29 is 9.13 Å². The van der Waals surface area contributed by atoms with Gasteiger partial charge < -0.3 is 4.74 Å². The van der Waals surface area contributed by atoms with E-state index in [-0.39, 0.29) is 17.3 Å². The Bertz CT molecular complexity index is 595. The number of hydrogen-bond donors (Lipinski definition) is 0. The molecule has 18 heavy (non-hydrogen) atoms. The molecule has 0 saturated heterocycles. The van der Waals surface area contributed by atoms with Crippen LogP contribution in [0.3, 0.4) is 0 Å². The minimum atomic E-state index is -0.646. The fourth-order valence-electron chi connectivity index (χ4n) is 1.22. The number of ether oxygens (including phenoxy) is 1. The molecule has 0 atom stereocenters. The van der Waals surface area contributed by atoms with Crippen LogP contribution in [0, 0.1) is 17.1 Å². The second-order valence-corrected chi connectivity index (χ2v) is 3.63. The molecule has 0 saturated carbocycles. The van der Waals surface area contributed by atoms with Crippen molar-refractivity contribution in [1.82, 2.24) is 9.97 Å². The highest BCUT2D eigenvalue weighted by Crippen LogP contribution is 2.20. The van der Waals surface area contributed by atoms with Crippen LogP contribution in [0.4, 0.5) is 4.39 Å². The van der Waals surface area contributed by atoms with E-state index in [9.17, 15) is 4.39 Å². The SMILES string of the molecule is N#Cc1ccc(Oc2ncc(CCl)cn2)cc1F. The minimum Gasteiger partial charge on any atom is -0.424 e. The molecule has 1 aromatic heterocycles. The molecule has 4 nitrogen and oxygen atoms in total. The maximum absolute atomic E-state index is 13.3. The van der Waals surface area contributed by atoms with Crippen LogP contribution in [-0.2, 0) is 5.88 Å². The second kappa shape index (κ2) is 5.43. The number of hydrogen-bond acceptors (Lipinski definition) is 4. The number of rotatable bonds is 3. The van der Waals surface area contributed by atoms with Gasteiger partial charge >= 0.3 is 6.01 Å². The summed E-state index contributed by atoms with van der Waals surface area (Å²) in [5.74, 6) is -0.108. The van der Waals surface area contributed by atoms with Crippen LogP contribution < -0.4 is 4.74 Å². The van der Waals surface area contributed by atoms with Gasteiger partial charge in [0.15, 0.2) is 0 Å². The van der Waals surface area contributed by atoms with Gasteiger partial charge in [-0.15, -0.1) is 11.6 Å².